The van der Waals surface area contributed by atoms with Crippen molar-refractivity contribution in [2.75, 3.05) is 0 Å². The summed E-state index contributed by atoms with van der Waals surface area (Å²) in [6.07, 6.45) is 4.29. The largest absolute Gasteiger partial charge is 4.00 e. The molecule has 6 heteroatoms. The maximum Gasteiger partial charge on any atom is 4.00 e. The van der Waals surface area contributed by atoms with E-state index in [4.69, 9.17) is 0 Å². The Kier molecular flexibility index (Phi) is 10.8. The van der Waals surface area contributed by atoms with Crippen molar-refractivity contribution in [1.29, 1.82) is 0 Å². The van der Waals surface area contributed by atoms with E-state index in [-0.39, 0.29) is 51.0 Å². The molecular weight excluding hydrogens is 480 g/mol. The van der Waals surface area contributed by atoms with E-state index in [1.165, 1.54) is 28.2 Å². The first-order valence-electron chi connectivity index (χ1n) is 8.63. The summed E-state index contributed by atoms with van der Waals surface area (Å²) >= 11 is 0. The van der Waals surface area contributed by atoms with Gasteiger partial charge in [-0.3, -0.25) is 0 Å². The average Bonchev–Trinajstić information content (AvgIpc) is 3.44. The maximum absolute atomic E-state index is 4.09. The van der Waals surface area contributed by atoms with Crippen LogP contribution in [0.15, 0.2) is 104 Å². The molecule has 0 aliphatic rings. The molecule has 5 aromatic rings. The standard InChI is InChI=1S/C12H11.C11H8N3.2ClH.Zr/c1-2-6-11(7-3-1)10-12-8-4-5-9-12;1-2-4-10-6-11(5-9(10)3-1)14-8-12-7-13-14;;;/h1-9H,10H2;1-8H;2*1H;/q2*-1;;;+4/p-2. The smallest absolute Gasteiger partial charge is 1.00 e. The van der Waals surface area contributed by atoms with Crippen molar-refractivity contribution in [3.8, 4) is 5.69 Å². The molecule has 0 spiro atoms. The molecule has 0 bridgehead atoms. The monoisotopic (exact) mass is 497 g/mol. The molecule has 0 saturated heterocycles. The van der Waals surface area contributed by atoms with Crippen LogP contribution in [-0.4, -0.2) is 14.8 Å². The Labute approximate surface area is 202 Å². The molecule has 0 fully saturated rings. The summed E-state index contributed by atoms with van der Waals surface area (Å²) in [5.74, 6) is 0. The van der Waals surface area contributed by atoms with Crippen molar-refractivity contribution in [3.05, 3.63) is 115 Å². The Morgan fingerprint density at radius 1 is 0.862 bits per heavy atom. The third-order valence-corrected chi connectivity index (χ3v) is 4.27. The Hall–Kier alpha value is -2.00. The predicted molar refractivity (Wildman–Crippen MR) is 106 cm³/mol. The molecule has 1 aromatic heterocycles. The second-order valence-electron chi connectivity index (χ2n) is 6.14. The molecule has 0 radical (unpaired) electrons. The number of nitrogens with zero attached hydrogens (tertiary/aromatic N) is 3. The molecule has 0 unspecified atom stereocenters. The van der Waals surface area contributed by atoms with Crippen molar-refractivity contribution in [1.82, 2.24) is 14.8 Å². The van der Waals surface area contributed by atoms with Crippen LogP contribution in [0, 0.1) is 0 Å². The van der Waals surface area contributed by atoms with E-state index in [0.29, 0.717) is 0 Å². The first-order chi connectivity index (χ1) is 12.9. The number of halogens is 2. The number of benzene rings is 2. The van der Waals surface area contributed by atoms with Gasteiger partial charge in [0.05, 0.1) is 0 Å². The summed E-state index contributed by atoms with van der Waals surface area (Å²) < 4.78 is 1.76. The van der Waals surface area contributed by atoms with E-state index in [2.05, 4.69) is 88.9 Å². The SMILES string of the molecule is [Cl-].[Cl-].[Zr+4].c1ccc(C[c-]2cccc2)cc1.c1ccc2[cH-]c(-n3cncn3)cc2c1. The van der Waals surface area contributed by atoms with E-state index in [9.17, 15) is 0 Å². The topological polar surface area (TPSA) is 30.7 Å². The first-order valence-corrected chi connectivity index (χ1v) is 8.63. The summed E-state index contributed by atoms with van der Waals surface area (Å²) in [6.45, 7) is 0. The molecule has 0 N–H and O–H groups in total. The van der Waals surface area contributed by atoms with Gasteiger partial charge in [0, 0.05) is 0 Å². The van der Waals surface area contributed by atoms with Crippen LogP contribution in [-0.2, 0) is 32.6 Å². The normalized spacial score (nSPS) is 9.38. The van der Waals surface area contributed by atoms with Gasteiger partial charge < -0.3 is 24.8 Å². The van der Waals surface area contributed by atoms with Gasteiger partial charge in [0.25, 0.3) is 0 Å². The van der Waals surface area contributed by atoms with Gasteiger partial charge in [-0.2, -0.15) is 22.8 Å². The summed E-state index contributed by atoms with van der Waals surface area (Å²) in [5, 5.41) is 6.56. The van der Waals surface area contributed by atoms with Crippen molar-refractivity contribution in [3.63, 3.8) is 0 Å². The quantitative estimate of drug-likeness (QED) is 0.303. The van der Waals surface area contributed by atoms with Gasteiger partial charge in [0.1, 0.15) is 12.7 Å². The minimum Gasteiger partial charge on any atom is -1.00 e. The Morgan fingerprint density at radius 2 is 1.55 bits per heavy atom. The van der Waals surface area contributed by atoms with Gasteiger partial charge in [-0.15, -0.1) is 41.1 Å². The predicted octanol–water partition coefficient (Wildman–Crippen LogP) is -0.859. The number of rotatable bonds is 3. The fourth-order valence-corrected chi connectivity index (χ4v) is 2.97. The fraction of sp³-hybridized carbons (Fsp3) is 0.0435. The Balaban J connectivity index is 0.000000266. The zero-order chi connectivity index (χ0) is 17.6. The zero-order valence-corrected chi connectivity index (χ0v) is 19.6. The van der Waals surface area contributed by atoms with Crippen LogP contribution in [0.1, 0.15) is 11.1 Å². The number of hydrogen-bond acceptors (Lipinski definition) is 2. The second kappa shape index (κ2) is 12.5. The Bertz CT molecular complexity index is 1020. The van der Waals surface area contributed by atoms with E-state index >= 15 is 0 Å². The van der Waals surface area contributed by atoms with Crippen LogP contribution < -0.4 is 24.8 Å². The molecule has 0 aliphatic carbocycles. The van der Waals surface area contributed by atoms with Crippen LogP contribution in [0.4, 0.5) is 0 Å². The summed E-state index contributed by atoms with van der Waals surface area (Å²) in [6, 6.07) is 31.5. The van der Waals surface area contributed by atoms with Crippen molar-refractivity contribution in [2.24, 2.45) is 0 Å². The van der Waals surface area contributed by atoms with E-state index in [1.807, 2.05) is 12.1 Å². The fourth-order valence-electron chi connectivity index (χ4n) is 2.97. The molecule has 0 atom stereocenters. The van der Waals surface area contributed by atoms with E-state index in [1.54, 1.807) is 11.0 Å². The summed E-state index contributed by atoms with van der Waals surface area (Å²) in [4.78, 5) is 3.92. The van der Waals surface area contributed by atoms with Crippen molar-refractivity contribution >= 4 is 10.8 Å². The van der Waals surface area contributed by atoms with Crippen LogP contribution in [0.25, 0.3) is 16.5 Å². The molecule has 1 heterocycles. The molecule has 4 aromatic carbocycles. The van der Waals surface area contributed by atoms with E-state index < -0.39 is 0 Å². The second-order valence-corrected chi connectivity index (χ2v) is 6.14. The molecular formula is C23H19Cl2N3Zr. The molecule has 3 nitrogen and oxygen atoms in total. The van der Waals surface area contributed by atoms with Gasteiger partial charge >= 0.3 is 26.2 Å². The van der Waals surface area contributed by atoms with E-state index in [0.717, 1.165) is 12.1 Å². The molecule has 144 valence electrons. The van der Waals surface area contributed by atoms with Crippen LogP contribution >= 0.6 is 0 Å². The molecule has 5 rings (SSSR count). The molecule has 0 aliphatic heterocycles. The third kappa shape index (κ3) is 6.78. The zero-order valence-electron chi connectivity index (χ0n) is 15.6. The summed E-state index contributed by atoms with van der Waals surface area (Å²) in [5.41, 5.74) is 3.83. The summed E-state index contributed by atoms with van der Waals surface area (Å²) in [7, 11) is 0. The molecule has 0 amide bonds. The third-order valence-electron chi connectivity index (χ3n) is 4.27. The average molecular weight is 500 g/mol. The Morgan fingerprint density at radius 3 is 2.21 bits per heavy atom. The number of aromatic nitrogens is 3. The molecule has 29 heavy (non-hydrogen) atoms. The minimum atomic E-state index is 0. The number of hydrogen-bond donors (Lipinski definition) is 0. The van der Waals surface area contributed by atoms with Gasteiger partial charge in [0.2, 0.25) is 0 Å². The van der Waals surface area contributed by atoms with Crippen molar-refractivity contribution in [2.45, 2.75) is 6.42 Å². The van der Waals surface area contributed by atoms with Gasteiger partial charge in [0.15, 0.2) is 0 Å². The van der Waals surface area contributed by atoms with Crippen LogP contribution in [0.3, 0.4) is 0 Å². The number of fused-ring (bicyclic) bond motifs is 1. The van der Waals surface area contributed by atoms with Crippen LogP contribution in [0.5, 0.6) is 0 Å². The van der Waals surface area contributed by atoms with Crippen molar-refractivity contribution < 1.29 is 51.0 Å². The molecule has 0 saturated carbocycles. The first kappa shape index (κ1) is 25.0. The van der Waals surface area contributed by atoms with Gasteiger partial charge in [-0.25, -0.2) is 21.8 Å². The maximum atomic E-state index is 4.09. The van der Waals surface area contributed by atoms with Gasteiger partial charge in [-0.05, 0) is 12.1 Å². The van der Waals surface area contributed by atoms with Crippen LogP contribution in [0.2, 0.25) is 0 Å². The van der Waals surface area contributed by atoms with Gasteiger partial charge in [-0.1, -0.05) is 42.0 Å². The minimum absolute atomic E-state index is 0.